The second-order valence-electron chi connectivity index (χ2n) is 13.5. The van der Waals surface area contributed by atoms with Gasteiger partial charge in [-0.3, -0.25) is 10.2 Å². The number of nitrogens with zero attached hydrogens (tertiary/aromatic N) is 5. The van der Waals surface area contributed by atoms with Crippen molar-refractivity contribution >= 4 is 39.9 Å². The van der Waals surface area contributed by atoms with Crippen LogP contribution in [0.1, 0.15) is 36.6 Å². The number of anilines is 4. The molecular formula is C42H44N8O5. The summed E-state index contributed by atoms with van der Waals surface area (Å²) in [4.78, 5) is 24.9. The third-order valence-electron chi connectivity index (χ3n) is 9.60. The fourth-order valence-electron chi connectivity index (χ4n) is 6.69. The van der Waals surface area contributed by atoms with Gasteiger partial charge < -0.3 is 29.6 Å². The Morgan fingerprint density at radius 2 is 1.71 bits per heavy atom. The van der Waals surface area contributed by atoms with E-state index in [9.17, 15) is 4.79 Å². The van der Waals surface area contributed by atoms with Gasteiger partial charge in [0.15, 0.2) is 0 Å². The first-order valence-electron chi connectivity index (χ1n) is 18.8. The summed E-state index contributed by atoms with van der Waals surface area (Å²) in [5.74, 6) is 2.73. The second kappa shape index (κ2) is 17.0. The number of nitrogens with one attached hydrogen (secondary N) is 3. The van der Waals surface area contributed by atoms with Crippen LogP contribution in [0, 0.1) is 0 Å². The molecule has 2 aliphatic heterocycles. The van der Waals surface area contributed by atoms with Gasteiger partial charge in [-0.2, -0.15) is 10.1 Å². The number of morpholine rings is 1. The van der Waals surface area contributed by atoms with Crippen LogP contribution in [0.5, 0.6) is 17.4 Å². The normalized spacial score (nSPS) is 14.1. The van der Waals surface area contributed by atoms with Gasteiger partial charge in [-0.05, 0) is 72.5 Å². The zero-order chi connectivity index (χ0) is 37.4. The van der Waals surface area contributed by atoms with E-state index in [1.807, 2.05) is 72.8 Å². The van der Waals surface area contributed by atoms with E-state index in [1.54, 1.807) is 16.9 Å². The third-order valence-corrected chi connectivity index (χ3v) is 9.60. The minimum absolute atomic E-state index is 0.380. The first-order valence-corrected chi connectivity index (χ1v) is 18.8. The Morgan fingerprint density at radius 1 is 0.873 bits per heavy atom. The van der Waals surface area contributed by atoms with Crippen LogP contribution in [0.3, 0.4) is 0 Å². The lowest BCUT2D eigenvalue weighted by Gasteiger charge is -2.26. The van der Waals surface area contributed by atoms with Crippen molar-refractivity contribution < 1.29 is 23.7 Å². The Labute approximate surface area is 319 Å². The van der Waals surface area contributed by atoms with E-state index in [1.165, 1.54) is 5.56 Å². The summed E-state index contributed by atoms with van der Waals surface area (Å²) < 4.78 is 25.1. The molecule has 1 fully saturated rings. The number of hydrogen-bond acceptors (Lipinski definition) is 10. The summed E-state index contributed by atoms with van der Waals surface area (Å²) in [6.45, 7) is 8.23. The number of urea groups is 1. The molecule has 55 heavy (non-hydrogen) atoms. The molecule has 3 N–H and O–H groups in total. The Bertz CT molecular complexity index is 2250. The zero-order valence-corrected chi connectivity index (χ0v) is 30.8. The fraction of sp³-hybridized carbons (Fsp3) is 0.286. The average Bonchev–Trinajstić information content (AvgIpc) is 3.85. The van der Waals surface area contributed by atoms with Crippen LogP contribution < -0.4 is 25.4 Å². The maximum Gasteiger partial charge on any atom is 0.324 e. The van der Waals surface area contributed by atoms with Crippen LogP contribution in [-0.4, -0.2) is 70.1 Å². The van der Waals surface area contributed by atoms with E-state index < -0.39 is 6.03 Å². The van der Waals surface area contributed by atoms with E-state index in [2.05, 4.69) is 49.9 Å². The average molecular weight is 741 g/mol. The molecule has 4 heterocycles. The fourth-order valence-corrected chi connectivity index (χ4v) is 6.69. The molecule has 8 rings (SSSR count). The highest BCUT2D eigenvalue weighted by atomic mass is 16.5. The maximum absolute atomic E-state index is 13.6. The molecular weight excluding hydrogens is 697 g/mol. The molecule has 0 bridgehead atoms. The van der Waals surface area contributed by atoms with Gasteiger partial charge in [0.2, 0.25) is 11.8 Å². The molecule has 0 saturated carbocycles. The van der Waals surface area contributed by atoms with Crippen molar-refractivity contribution in [1.29, 1.82) is 0 Å². The summed E-state index contributed by atoms with van der Waals surface area (Å²) in [6, 6.07) is 28.5. The quantitative estimate of drug-likeness (QED) is 0.101. The van der Waals surface area contributed by atoms with Gasteiger partial charge in [0.1, 0.15) is 23.9 Å². The molecule has 0 spiro atoms. The molecule has 0 radical (unpaired) electrons. The minimum Gasteiger partial charge on any atom is -0.492 e. The number of carbonyl (C=O) groups excluding carboxylic acids is 1. The SMILES string of the molecule is CCCCc1cc(NC(=O)Nc2ccc(Oc3ccnc(Nc4ccc5c(c4)COC5)n3)c3ccccc23)n(-c2ccc(OCCN3CCOCC3)cc2)n1. The Balaban J connectivity index is 0.949. The summed E-state index contributed by atoms with van der Waals surface area (Å²) >= 11 is 0. The van der Waals surface area contributed by atoms with Gasteiger partial charge in [0, 0.05) is 54.4 Å². The van der Waals surface area contributed by atoms with Gasteiger partial charge >= 0.3 is 6.03 Å². The monoisotopic (exact) mass is 740 g/mol. The Kier molecular flexibility index (Phi) is 11.1. The van der Waals surface area contributed by atoms with Gasteiger partial charge in [-0.1, -0.05) is 43.7 Å². The number of amides is 2. The molecule has 0 aliphatic carbocycles. The summed E-state index contributed by atoms with van der Waals surface area (Å²) in [6.07, 6.45) is 4.50. The molecule has 13 nitrogen and oxygen atoms in total. The molecule has 0 atom stereocenters. The highest BCUT2D eigenvalue weighted by Crippen LogP contribution is 2.35. The topological polar surface area (TPSA) is 137 Å². The van der Waals surface area contributed by atoms with E-state index in [0.29, 0.717) is 48.9 Å². The lowest BCUT2D eigenvalue weighted by molar-refractivity contribution is 0.0322. The predicted molar refractivity (Wildman–Crippen MR) is 212 cm³/mol. The van der Waals surface area contributed by atoms with Crippen molar-refractivity contribution in [1.82, 2.24) is 24.6 Å². The van der Waals surface area contributed by atoms with Crippen molar-refractivity contribution in [3.63, 3.8) is 0 Å². The summed E-state index contributed by atoms with van der Waals surface area (Å²) in [7, 11) is 0. The Morgan fingerprint density at radius 3 is 2.56 bits per heavy atom. The van der Waals surface area contributed by atoms with Crippen LogP contribution in [0.25, 0.3) is 16.5 Å². The standard InChI is InChI=1S/C42H44N8O5/c1-2-3-6-32-26-39(50(48-32)33-11-13-34(14-12-33)54-24-21-49-19-22-52-23-20-49)46-42(51)45-37-15-16-38(36-8-5-4-7-35(36)37)55-40-17-18-43-41(47-40)44-31-10-9-29-27-53-28-30(29)25-31/h4-5,7-18,25-26H,2-3,6,19-24,27-28H2,1H3,(H,43,44,47)(H2,45,46,51). The molecule has 1 saturated heterocycles. The first kappa shape index (κ1) is 36.0. The molecule has 2 amide bonds. The van der Waals surface area contributed by atoms with Crippen LogP contribution in [-0.2, 0) is 29.1 Å². The largest absolute Gasteiger partial charge is 0.492 e. The van der Waals surface area contributed by atoms with Gasteiger partial charge in [-0.25, -0.2) is 14.5 Å². The van der Waals surface area contributed by atoms with Crippen molar-refractivity contribution in [3.8, 4) is 23.1 Å². The number of ether oxygens (including phenoxy) is 4. The number of benzene rings is 4. The maximum atomic E-state index is 13.6. The van der Waals surface area contributed by atoms with E-state index >= 15 is 0 Å². The number of fused-ring (bicyclic) bond motifs is 2. The van der Waals surface area contributed by atoms with Crippen molar-refractivity contribution in [2.45, 2.75) is 39.4 Å². The molecule has 4 aromatic carbocycles. The molecule has 0 unspecified atom stereocenters. The predicted octanol–water partition coefficient (Wildman–Crippen LogP) is 8.08. The number of aromatic nitrogens is 4. The molecule has 6 aromatic rings. The van der Waals surface area contributed by atoms with Crippen molar-refractivity contribution in [2.24, 2.45) is 0 Å². The van der Waals surface area contributed by atoms with E-state index in [0.717, 1.165) is 91.3 Å². The minimum atomic E-state index is -0.394. The number of rotatable bonds is 14. The number of hydrogen-bond donors (Lipinski definition) is 3. The lowest BCUT2D eigenvalue weighted by atomic mass is 10.1. The van der Waals surface area contributed by atoms with Crippen molar-refractivity contribution in [3.05, 3.63) is 114 Å². The van der Waals surface area contributed by atoms with Crippen LogP contribution in [0.4, 0.5) is 27.9 Å². The smallest absolute Gasteiger partial charge is 0.324 e. The highest BCUT2D eigenvalue weighted by molar-refractivity contribution is 6.07. The summed E-state index contributed by atoms with van der Waals surface area (Å²) in [5.41, 5.74) is 5.56. The van der Waals surface area contributed by atoms with E-state index in [4.69, 9.17) is 24.0 Å². The Hall–Kier alpha value is -6.02. The van der Waals surface area contributed by atoms with Crippen molar-refractivity contribution in [2.75, 3.05) is 55.4 Å². The second-order valence-corrected chi connectivity index (χ2v) is 13.5. The van der Waals surface area contributed by atoms with E-state index in [-0.39, 0.29) is 0 Å². The van der Waals surface area contributed by atoms with Gasteiger partial charge in [-0.15, -0.1) is 0 Å². The first-order chi connectivity index (χ1) is 27.1. The summed E-state index contributed by atoms with van der Waals surface area (Å²) in [5, 5.41) is 15.8. The highest BCUT2D eigenvalue weighted by Gasteiger charge is 2.17. The van der Waals surface area contributed by atoms with Crippen LogP contribution in [0.2, 0.25) is 0 Å². The van der Waals surface area contributed by atoms with Crippen LogP contribution in [0.15, 0.2) is 97.2 Å². The third kappa shape index (κ3) is 8.86. The van der Waals surface area contributed by atoms with Gasteiger partial charge in [0.25, 0.3) is 0 Å². The van der Waals surface area contributed by atoms with Gasteiger partial charge in [0.05, 0.1) is 43.5 Å². The molecule has 2 aliphatic rings. The van der Waals surface area contributed by atoms with Crippen LogP contribution >= 0.6 is 0 Å². The number of aryl methyl sites for hydroxylation is 1. The zero-order valence-electron chi connectivity index (χ0n) is 30.8. The number of carbonyl (C=O) groups is 1. The molecule has 13 heteroatoms. The molecule has 2 aromatic heterocycles. The molecule has 282 valence electrons. The lowest BCUT2D eigenvalue weighted by Crippen LogP contribution is -2.38. The number of unbranched alkanes of at least 4 members (excludes halogenated alkanes) is 1.